The Hall–Kier alpha value is -1.14. The zero-order valence-corrected chi connectivity index (χ0v) is 11.3. The van der Waals surface area contributed by atoms with Crippen molar-refractivity contribution >= 4 is 11.9 Å². The van der Waals surface area contributed by atoms with E-state index in [2.05, 4.69) is 10.1 Å². The molecule has 1 amide bonds. The fourth-order valence-corrected chi connectivity index (χ4v) is 1.91. The summed E-state index contributed by atoms with van der Waals surface area (Å²) in [4.78, 5) is 24.8. The lowest BCUT2D eigenvalue weighted by molar-refractivity contribution is -0.146. The highest BCUT2D eigenvalue weighted by Gasteiger charge is 2.22. The molecule has 2 unspecified atom stereocenters. The first kappa shape index (κ1) is 14.9. The number of carbonyl (C=O) groups is 2. The molecule has 0 bridgehead atoms. The molecule has 1 heterocycles. The summed E-state index contributed by atoms with van der Waals surface area (Å²) in [7, 11) is 3.05. The minimum atomic E-state index is -0.306. The lowest BCUT2D eigenvalue weighted by Crippen LogP contribution is -2.45. The number of hydrogen-bond acceptors (Lipinski definition) is 5. The molecule has 2 atom stereocenters. The Kier molecular flexibility index (Phi) is 6.07. The van der Waals surface area contributed by atoms with Crippen LogP contribution >= 0.6 is 0 Å². The van der Waals surface area contributed by atoms with Crippen molar-refractivity contribution in [3.05, 3.63) is 0 Å². The number of methoxy groups -OCH3 is 1. The second-order valence-corrected chi connectivity index (χ2v) is 4.63. The molecule has 0 aromatic carbocycles. The van der Waals surface area contributed by atoms with Gasteiger partial charge in [0.05, 0.1) is 26.2 Å². The van der Waals surface area contributed by atoms with E-state index < -0.39 is 0 Å². The third kappa shape index (κ3) is 4.62. The molecule has 1 aliphatic heterocycles. The van der Waals surface area contributed by atoms with E-state index in [0.29, 0.717) is 26.2 Å². The van der Waals surface area contributed by atoms with E-state index in [1.165, 1.54) is 7.11 Å². The second-order valence-electron chi connectivity index (χ2n) is 4.63. The van der Waals surface area contributed by atoms with Gasteiger partial charge in [-0.1, -0.05) is 6.92 Å². The van der Waals surface area contributed by atoms with Crippen molar-refractivity contribution in [2.75, 3.05) is 40.5 Å². The van der Waals surface area contributed by atoms with Gasteiger partial charge in [0.2, 0.25) is 5.91 Å². The zero-order valence-electron chi connectivity index (χ0n) is 11.3. The lowest BCUT2D eigenvalue weighted by Gasteiger charge is -2.26. The van der Waals surface area contributed by atoms with Crippen LogP contribution in [0.1, 0.15) is 13.3 Å². The van der Waals surface area contributed by atoms with Gasteiger partial charge in [0.15, 0.2) is 0 Å². The first-order valence-corrected chi connectivity index (χ1v) is 6.17. The standard InChI is InChI=1S/C12H22N2O4/c1-9(12(16)17-3)7-14(2)11(15)6-10-8-18-5-4-13-10/h9-10,13H,4-8H2,1-3H3. The van der Waals surface area contributed by atoms with Crippen molar-refractivity contribution in [2.24, 2.45) is 5.92 Å². The minimum Gasteiger partial charge on any atom is -0.469 e. The van der Waals surface area contributed by atoms with Crippen molar-refractivity contribution in [2.45, 2.75) is 19.4 Å². The third-order valence-corrected chi connectivity index (χ3v) is 3.00. The number of ether oxygens (including phenoxy) is 2. The number of esters is 1. The number of hydrogen-bond donors (Lipinski definition) is 1. The maximum Gasteiger partial charge on any atom is 0.310 e. The highest BCUT2D eigenvalue weighted by Crippen LogP contribution is 2.05. The van der Waals surface area contributed by atoms with E-state index in [1.54, 1.807) is 18.9 Å². The van der Waals surface area contributed by atoms with Crippen molar-refractivity contribution in [1.82, 2.24) is 10.2 Å². The molecule has 6 nitrogen and oxygen atoms in total. The molecule has 0 saturated carbocycles. The van der Waals surface area contributed by atoms with Gasteiger partial charge in [-0.3, -0.25) is 9.59 Å². The van der Waals surface area contributed by atoms with E-state index in [-0.39, 0.29) is 23.8 Å². The van der Waals surface area contributed by atoms with Gasteiger partial charge in [0.25, 0.3) is 0 Å². The van der Waals surface area contributed by atoms with Crippen LogP contribution in [0.4, 0.5) is 0 Å². The number of nitrogens with zero attached hydrogens (tertiary/aromatic N) is 1. The van der Waals surface area contributed by atoms with Gasteiger partial charge in [-0.15, -0.1) is 0 Å². The number of nitrogens with one attached hydrogen (secondary N) is 1. The number of amides is 1. The number of rotatable bonds is 5. The molecule has 18 heavy (non-hydrogen) atoms. The summed E-state index contributed by atoms with van der Waals surface area (Å²) in [5.74, 6) is -0.595. The Morgan fingerprint density at radius 2 is 2.28 bits per heavy atom. The van der Waals surface area contributed by atoms with E-state index >= 15 is 0 Å². The maximum atomic E-state index is 11.9. The number of carbonyl (C=O) groups excluding carboxylic acids is 2. The molecule has 0 radical (unpaired) electrons. The molecular formula is C12H22N2O4. The van der Waals surface area contributed by atoms with Crippen LogP contribution in [-0.4, -0.2) is 63.3 Å². The monoisotopic (exact) mass is 258 g/mol. The van der Waals surface area contributed by atoms with Gasteiger partial charge in [-0.2, -0.15) is 0 Å². The van der Waals surface area contributed by atoms with Gasteiger partial charge >= 0.3 is 5.97 Å². The molecule has 0 aromatic rings. The fourth-order valence-electron chi connectivity index (χ4n) is 1.91. The van der Waals surface area contributed by atoms with Crippen LogP contribution in [0, 0.1) is 5.92 Å². The van der Waals surface area contributed by atoms with E-state index in [0.717, 1.165) is 6.54 Å². The van der Waals surface area contributed by atoms with Crippen LogP contribution < -0.4 is 5.32 Å². The highest BCUT2D eigenvalue weighted by atomic mass is 16.5. The predicted molar refractivity (Wildman–Crippen MR) is 66.0 cm³/mol. The van der Waals surface area contributed by atoms with Gasteiger partial charge in [-0.05, 0) is 0 Å². The molecule has 104 valence electrons. The molecule has 1 aliphatic rings. The maximum absolute atomic E-state index is 11.9. The van der Waals surface area contributed by atoms with E-state index in [1.807, 2.05) is 0 Å². The molecule has 1 N–H and O–H groups in total. The summed E-state index contributed by atoms with van der Waals surface area (Å²) >= 11 is 0. The van der Waals surface area contributed by atoms with Crippen LogP contribution in [0.25, 0.3) is 0 Å². The molecule has 1 rings (SSSR count). The Bertz CT molecular complexity index is 290. The summed E-state index contributed by atoms with van der Waals surface area (Å²) in [6.07, 6.45) is 0.393. The molecule has 1 saturated heterocycles. The quantitative estimate of drug-likeness (QED) is 0.682. The first-order valence-electron chi connectivity index (χ1n) is 6.17. The summed E-state index contributed by atoms with van der Waals surface area (Å²) in [6.45, 7) is 4.16. The third-order valence-electron chi connectivity index (χ3n) is 3.00. The second kappa shape index (κ2) is 7.33. The van der Waals surface area contributed by atoms with Crippen molar-refractivity contribution < 1.29 is 19.1 Å². The summed E-state index contributed by atoms with van der Waals surface area (Å²) in [6, 6.07) is 0.0714. The van der Waals surface area contributed by atoms with Gasteiger partial charge in [0.1, 0.15) is 0 Å². The van der Waals surface area contributed by atoms with Crippen LogP contribution in [-0.2, 0) is 19.1 Å². The van der Waals surface area contributed by atoms with Crippen molar-refractivity contribution in [1.29, 1.82) is 0 Å². The Labute approximate surface area is 108 Å². The summed E-state index contributed by atoms with van der Waals surface area (Å²) in [5, 5.41) is 3.23. The normalized spacial score (nSPS) is 21.2. The van der Waals surface area contributed by atoms with Crippen molar-refractivity contribution in [3.8, 4) is 0 Å². The van der Waals surface area contributed by atoms with E-state index in [9.17, 15) is 9.59 Å². The van der Waals surface area contributed by atoms with Crippen LogP contribution in [0.15, 0.2) is 0 Å². The minimum absolute atomic E-state index is 0.00810. The van der Waals surface area contributed by atoms with Crippen LogP contribution in [0.2, 0.25) is 0 Å². The molecule has 0 spiro atoms. The van der Waals surface area contributed by atoms with Gasteiger partial charge < -0.3 is 19.7 Å². The van der Waals surface area contributed by atoms with Crippen LogP contribution in [0.5, 0.6) is 0 Å². The van der Waals surface area contributed by atoms with Gasteiger partial charge in [0, 0.05) is 32.6 Å². The predicted octanol–water partition coefficient (Wildman–Crippen LogP) is -0.368. The lowest BCUT2D eigenvalue weighted by atomic mass is 10.1. The Morgan fingerprint density at radius 3 is 2.83 bits per heavy atom. The zero-order chi connectivity index (χ0) is 13.5. The SMILES string of the molecule is COC(=O)C(C)CN(C)C(=O)CC1COCCN1. The molecule has 1 fully saturated rings. The Balaban J connectivity index is 2.33. The molecule has 0 aliphatic carbocycles. The molecule has 0 aromatic heterocycles. The summed E-state index contributed by atoms with van der Waals surface area (Å²) < 4.78 is 9.93. The van der Waals surface area contributed by atoms with E-state index in [4.69, 9.17) is 4.74 Å². The number of morpholine rings is 1. The average molecular weight is 258 g/mol. The Morgan fingerprint density at radius 1 is 1.56 bits per heavy atom. The fraction of sp³-hybridized carbons (Fsp3) is 0.833. The topological polar surface area (TPSA) is 67.9 Å². The van der Waals surface area contributed by atoms with Gasteiger partial charge in [-0.25, -0.2) is 0 Å². The highest BCUT2D eigenvalue weighted by molar-refractivity contribution is 5.78. The average Bonchev–Trinajstić information content (AvgIpc) is 2.38. The molecular weight excluding hydrogens is 236 g/mol. The smallest absolute Gasteiger partial charge is 0.310 e. The first-order chi connectivity index (χ1) is 8.54. The van der Waals surface area contributed by atoms with Crippen LogP contribution in [0.3, 0.4) is 0 Å². The van der Waals surface area contributed by atoms with Crippen molar-refractivity contribution in [3.63, 3.8) is 0 Å². The molecule has 6 heteroatoms. The largest absolute Gasteiger partial charge is 0.469 e. The summed E-state index contributed by atoms with van der Waals surface area (Å²) in [5.41, 5.74) is 0.